The topological polar surface area (TPSA) is 54.5 Å². The Morgan fingerprint density at radius 1 is 1.33 bits per heavy atom. The minimum atomic E-state index is -3.54. The van der Waals surface area contributed by atoms with E-state index in [9.17, 15) is 13.2 Å². The van der Waals surface area contributed by atoms with Crippen molar-refractivity contribution in [3.05, 3.63) is 41.3 Å². The fraction of sp³-hybridized carbons (Fsp3) is 0.308. The highest BCUT2D eigenvalue weighted by Gasteiger charge is 2.27. The van der Waals surface area contributed by atoms with Gasteiger partial charge in [0, 0.05) is 18.5 Å². The molecule has 0 N–H and O–H groups in total. The number of nitrogens with zero attached hydrogens (tertiary/aromatic N) is 1. The maximum atomic E-state index is 12.2. The number of amides is 1. The van der Waals surface area contributed by atoms with Crippen LogP contribution in [0.4, 0.5) is 5.69 Å². The maximum absolute atomic E-state index is 12.2. The average molecular weight is 265 g/mol. The monoisotopic (exact) mass is 265 g/mol. The lowest BCUT2D eigenvalue weighted by atomic mass is 10.0. The summed E-state index contributed by atoms with van der Waals surface area (Å²) in [7, 11) is -3.54. The zero-order valence-corrected chi connectivity index (χ0v) is 11.0. The Hall–Kier alpha value is -1.62. The molecule has 0 unspecified atom stereocenters. The van der Waals surface area contributed by atoms with Gasteiger partial charge < -0.3 is 4.90 Å². The minimum Gasteiger partial charge on any atom is -0.307 e. The van der Waals surface area contributed by atoms with E-state index in [4.69, 9.17) is 0 Å². The van der Waals surface area contributed by atoms with Gasteiger partial charge >= 0.3 is 0 Å². The Kier molecular flexibility index (Phi) is 3.26. The van der Waals surface area contributed by atoms with E-state index in [2.05, 4.69) is 6.58 Å². The summed E-state index contributed by atoms with van der Waals surface area (Å²) in [5.41, 5.74) is 1.86. The van der Waals surface area contributed by atoms with Gasteiger partial charge in [-0.25, -0.2) is 8.42 Å². The van der Waals surface area contributed by atoms with Gasteiger partial charge in [0.1, 0.15) is 4.91 Å². The van der Waals surface area contributed by atoms with Crippen molar-refractivity contribution in [3.63, 3.8) is 0 Å². The number of fused-ring (bicyclic) bond motifs is 1. The van der Waals surface area contributed by atoms with E-state index in [0.29, 0.717) is 6.54 Å². The van der Waals surface area contributed by atoms with Gasteiger partial charge in [-0.1, -0.05) is 24.8 Å². The van der Waals surface area contributed by atoms with E-state index in [0.717, 1.165) is 30.3 Å². The van der Waals surface area contributed by atoms with Gasteiger partial charge in [-0.15, -0.1) is 0 Å². The van der Waals surface area contributed by atoms with Crippen LogP contribution >= 0.6 is 0 Å². The van der Waals surface area contributed by atoms with Crippen LogP contribution in [0, 0.1) is 0 Å². The number of para-hydroxylation sites is 1. The summed E-state index contributed by atoms with van der Waals surface area (Å²) in [5, 5.41) is 0. The molecule has 5 heteroatoms. The van der Waals surface area contributed by atoms with Crippen molar-refractivity contribution in [2.24, 2.45) is 0 Å². The molecule has 1 aliphatic rings. The lowest BCUT2D eigenvalue weighted by molar-refractivity contribution is -0.114. The van der Waals surface area contributed by atoms with Gasteiger partial charge in [0.25, 0.3) is 5.91 Å². The number of carbonyl (C=O) groups is 1. The molecule has 1 aliphatic heterocycles. The third kappa shape index (κ3) is 2.31. The summed E-state index contributed by atoms with van der Waals surface area (Å²) in [5.74, 6) is -0.523. The van der Waals surface area contributed by atoms with Crippen molar-refractivity contribution >= 4 is 21.4 Å². The molecule has 0 aromatic heterocycles. The van der Waals surface area contributed by atoms with Crippen molar-refractivity contribution in [1.29, 1.82) is 0 Å². The molecule has 1 aromatic carbocycles. The number of aryl methyl sites for hydroxylation is 1. The van der Waals surface area contributed by atoms with E-state index in [1.165, 1.54) is 4.90 Å². The van der Waals surface area contributed by atoms with Crippen molar-refractivity contribution < 1.29 is 13.2 Å². The number of rotatable bonds is 2. The quantitative estimate of drug-likeness (QED) is 0.762. The molecular formula is C13H15NO3S. The second kappa shape index (κ2) is 4.57. The molecule has 1 heterocycles. The van der Waals surface area contributed by atoms with E-state index in [-0.39, 0.29) is 4.91 Å². The number of hydrogen-bond donors (Lipinski definition) is 0. The predicted octanol–water partition coefficient (Wildman–Crippen LogP) is 1.52. The Morgan fingerprint density at radius 2 is 2.00 bits per heavy atom. The third-order valence-electron chi connectivity index (χ3n) is 3.04. The number of sulfone groups is 1. The van der Waals surface area contributed by atoms with Gasteiger partial charge in [-0.2, -0.15) is 0 Å². The molecule has 0 fully saturated rings. The first-order chi connectivity index (χ1) is 8.41. The molecule has 0 saturated carbocycles. The van der Waals surface area contributed by atoms with Crippen LogP contribution in [-0.4, -0.2) is 27.1 Å². The molecule has 0 aliphatic carbocycles. The lowest BCUT2D eigenvalue weighted by Gasteiger charge is -2.29. The highest BCUT2D eigenvalue weighted by atomic mass is 32.2. The third-order valence-corrected chi connectivity index (χ3v) is 4.11. The Labute approximate surface area is 107 Å². The highest BCUT2D eigenvalue weighted by Crippen LogP contribution is 2.28. The summed E-state index contributed by atoms with van der Waals surface area (Å²) in [6, 6.07) is 7.55. The number of carbonyl (C=O) groups excluding carboxylic acids is 1. The summed E-state index contributed by atoms with van der Waals surface area (Å²) in [4.78, 5) is 13.3. The summed E-state index contributed by atoms with van der Waals surface area (Å²) >= 11 is 0. The number of anilines is 1. The lowest BCUT2D eigenvalue weighted by Crippen LogP contribution is -2.37. The molecule has 0 atom stereocenters. The van der Waals surface area contributed by atoms with Crippen LogP contribution in [0.3, 0.4) is 0 Å². The molecule has 18 heavy (non-hydrogen) atoms. The summed E-state index contributed by atoms with van der Waals surface area (Å²) in [6.07, 6.45) is 2.74. The zero-order valence-electron chi connectivity index (χ0n) is 10.2. The summed E-state index contributed by atoms with van der Waals surface area (Å²) in [6.45, 7) is 3.93. The standard InChI is InChI=1S/C13H15NO3S/c1-10(18(2,16)17)13(15)14-9-5-7-11-6-3-4-8-12(11)14/h3-4,6,8H,1,5,7,9H2,2H3. The Morgan fingerprint density at radius 3 is 2.67 bits per heavy atom. The van der Waals surface area contributed by atoms with Crippen LogP contribution in [-0.2, 0) is 21.1 Å². The van der Waals surface area contributed by atoms with Gasteiger partial charge in [0.15, 0.2) is 9.84 Å². The second-order valence-corrected chi connectivity index (χ2v) is 6.42. The van der Waals surface area contributed by atoms with Gasteiger partial charge in [-0.3, -0.25) is 4.79 Å². The van der Waals surface area contributed by atoms with Crippen LogP contribution in [0.15, 0.2) is 35.7 Å². The van der Waals surface area contributed by atoms with Crippen molar-refractivity contribution in [3.8, 4) is 0 Å². The van der Waals surface area contributed by atoms with Crippen molar-refractivity contribution in [1.82, 2.24) is 0 Å². The Bertz CT molecular complexity index is 604. The molecule has 1 amide bonds. The van der Waals surface area contributed by atoms with Crippen molar-refractivity contribution in [2.45, 2.75) is 12.8 Å². The minimum absolute atomic E-state index is 0.348. The largest absolute Gasteiger partial charge is 0.307 e. The van der Waals surface area contributed by atoms with E-state index in [1.54, 1.807) is 0 Å². The first-order valence-corrected chi connectivity index (χ1v) is 7.59. The molecule has 1 aromatic rings. The Balaban J connectivity index is 2.37. The fourth-order valence-electron chi connectivity index (χ4n) is 2.05. The summed E-state index contributed by atoms with van der Waals surface area (Å²) < 4.78 is 22.8. The maximum Gasteiger partial charge on any atom is 0.269 e. The van der Waals surface area contributed by atoms with Crippen LogP contribution in [0.2, 0.25) is 0 Å². The van der Waals surface area contributed by atoms with Gasteiger partial charge in [0.2, 0.25) is 0 Å². The molecule has 0 spiro atoms. The SMILES string of the molecule is C=C(C(=O)N1CCCc2ccccc21)S(C)(=O)=O. The van der Waals surface area contributed by atoms with Crippen LogP contribution in [0.5, 0.6) is 0 Å². The molecular weight excluding hydrogens is 250 g/mol. The zero-order chi connectivity index (χ0) is 13.3. The highest BCUT2D eigenvalue weighted by molar-refractivity contribution is 7.95. The second-order valence-electron chi connectivity index (χ2n) is 4.38. The predicted molar refractivity (Wildman–Crippen MR) is 71.1 cm³/mol. The molecule has 4 nitrogen and oxygen atoms in total. The van der Waals surface area contributed by atoms with E-state index >= 15 is 0 Å². The smallest absolute Gasteiger partial charge is 0.269 e. The molecule has 96 valence electrons. The van der Waals surface area contributed by atoms with Crippen molar-refractivity contribution in [2.75, 3.05) is 17.7 Å². The molecule has 0 radical (unpaired) electrons. The van der Waals surface area contributed by atoms with Gasteiger partial charge in [0.05, 0.1) is 0 Å². The van der Waals surface area contributed by atoms with Crippen LogP contribution in [0.25, 0.3) is 0 Å². The number of hydrogen-bond acceptors (Lipinski definition) is 3. The number of benzene rings is 1. The molecule has 0 saturated heterocycles. The van der Waals surface area contributed by atoms with E-state index in [1.807, 2.05) is 24.3 Å². The molecule has 2 rings (SSSR count). The average Bonchev–Trinajstić information content (AvgIpc) is 2.35. The van der Waals surface area contributed by atoms with Crippen LogP contribution in [0.1, 0.15) is 12.0 Å². The van der Waals surface area contributed by atoms with Crippen LogP contribution < -0.4 is 4.90 Å². The normalized spacial score (nSPS) is 15.1. The first-order valence-electron chi connectivity index (χ1n) is 5.70. The first kappa shape index (κ1) is 12.8. The fourth-order valence-corrected chi connectivity index (χ4v) is 2.48. The van der Waals surface area contributed by atoms with Gasteiger partial charge in [-0.05, 0) is 24.5 Å². The van der Waals surface area contributed by atoms with E-state index < -0.39 is 15.7 Å². The molecule has 0 bridgehead atoms.